The zero-order valence-electron chi connectivity index (χ0n) is 9.46. The Bertz CT molecular complexity index is 535. The molecule has 1 heterocycles. The van der Waals surface area contributed by atoms with Crippen LogP contribution < -0.4 is 5.73 Å². The SMILES string of the molecule is CC1(C)CCc2c(c(C#N)c(N)sc2=S)C1. The van der Waals surface area contributed by atoms with Gasteiger partial charge in [0.2, 0.25) is 0 Å². The molecular weight excluding hydrogens is 236 g/mol. The van der Waals surface area contributed by atoms with Crippen LogP contribution in [0.2, 0.25) is 0 Å². The number of fused-ring (bicyclic) bond motifs is 1. The third kappa shape index (κ3) is 1.85. The molecule has 0 spiro atoms. The van der Waals surface area contributed by atoms with Crippen LogP contribution in [0.1, 0.15) is 37.0 Å². The second kappa shape index (κ2) is 3.83. The number of hydrogen-bond donors (Lipinski definition) is 1. The maximum atomic E-state index is 9.18. The summed E-state index contributed by atoms with van der Waals surface area (Å²) in [5.74, 6) is 0. The molecule has 84 valence electrons. The average Bonchev–Trinajstić information content (AvgIpc) is 2.16. The van der Waals surface area contributed by atoms with E-state index in [1.54, 1.807) is 0 Å². The normalized spacial score (nSPS) is 17.6. The number of anilines is 1. The Labute approximate surface area is 105 Å². The lowest BCUT2D eigenvalue weighted by molar-refractivity contribution is 0.315. The van der Waals surface area contributed by atoms with Crippen molar-refractivity contribution in [3.05, 3.63) is 20.5 Å². The minimum absolute atomic E-state index is 0.249. The van der Waals surface area contributed by atoms with Gasteiger partial charge >= 0.3 is 0 Å². The van der Waals surface area contributed by atoms with Gasteiger partial charge in [-0.1, -0.05) is 26.1 Å². The van der Waals surface area contributed by atoms with E-state index in [-0.39, 0.29) is 5.41 Å². The van der Waals surface area contributed by atoms with Crippen LogP contribution in [0, 0.1) is 20.6 Å². The summed E-state index contributed by atoms with van der Waals surface area (Å²) in [6, 6.07) is 2.23. The van der Waals surface area contributed by atoms with Gasteiger partial charge < -0.3 is 5.73 Å². The summed E-state index contributed by atoms with van der Waals surface area (Å²) in [6.45, 7) is 4.46. The standard InChI is InChI=1S/C12H14N2S2/c1-12(2)4-3-7-8(5-12)9(6-13)10(14)16-11(7)15/h3-5,14H2,1-2H3. The molecule has 16 heavy (non-hydrogen) atoms. The molecule has 1 aromatic heterocycles. The van der Waals surface area contributed by atoms with Crippen LogP contribution in [0.5, 0.6) is 0 Å². The molecule has 2 N–H and O–H groups in total. The molecule has 0 radical (unpaired) electrons. The molecule has 1 aliphatic rings. The van der Waals surface area contributed by atoms with Gasteiger partial charge in [0, 0.05) is 0 Å². The van der Waals surface area contributed by atoms with Gasteiger partial charge in [0.25, 0.3) is 0 Å². The molecule has 4 heteroatoms. The number of rotatable bonds is 0. The van der Waals surface area contributed by atoms with Crippen LogP contribution >= 0.6 is 23.6 Å². The van der Waals surface area contributed by atoms with Gasteiger partial charge in [-0.25, -0.2) is 0 Å². The highest BCUT2D eigenvalue weighted by Crippen LogP contribution is 2.39. The van der Waals surface area contributed by atoms with Crippen molar-refractivity contribution in [2.45, 2.75) is 33.1 Å². The quantitative estimate of drug-likeness (QED) is 0.717. The van der Waals surface area contributed by atoms with E-state index >= 15 is 0 Å². The fraction of sp³-hybridized carbons (Fsp3) is 0.500. The monoisotopic (exact) mass is 250 g/mol. The molecule has 2 nitrogen and oxygen atoms in total. The molecule has 0 amide bonds. The zero-order valence-corrected chi connectivity index (χ0v) is 11.1. The first kappa shape index (κ1) is 11.6. The topological polar surface area (TPSA) is 49.8 Å². The van der Waals surface area contributed by atoms with Crippen molar-refractivity contribution in [1.29, 1.82) is 5.26 Å². The minimum Gasteiger partial charge on any atom is -0.389 e. The Morgan fingerprint density at radius 1 is 1.44 bits per heavy atom. The predicted octanol–water partition coefficient (Wildman–Crippen LogP) is 3.45. The fourth-order valence-electron chi connectivity index (χ4n) is 2.24. The summed E-state index contributed by atoms with van der Waals surface area (Å²) in [7, 11) is 0. The predicted molar refractivity (Wildman–Crippen MR) is 70.1 cm³/mol. The number of hydrogen-bond acceptors (Lipinski definition) is 4. The van der Waals surface area contributed by atoms with E-state index in [2.05, 4.69) is 19.9 Å². The van der Waals surface area contributed by atoms with Crippen LogP contribution in [0.25, 0.3) is 0 Å². The third-order valence-electron chi connectivity index (χ3n) is 3.18. The zero-order chi connectivity index (χ0) is 11.9. The summed E-state index contributed by atoms with van der Waals surface area (Å²) in [6.07, 6.45) is 3.02. The van der Waals surface area contributed by atoms with Crippen LogP contribution in [-0.4, -0.2) is 0 Å². The van der Waals surface area contributed by atoms with E-state index in [1.165, 1.54) is 16.9 Å². The summed E-state index contributed by atoms with van der Waals surface area (Å²) in [5.41, 5.74) is 9.06. The Balaban J connectivity index is 2.70. The van der Waals surface area contributed by atoms with Gasteiger partial charge in [-0.15, -0.1) is 11.3 Å². The molecule has 0 atom stereocenters. The molecule has 0 unspecified atom stereocenters. The minimum atomic E-state index is 0.249. The highest BCUT2D eigenvalue weighted by atomic mass is 32.1. The van der Waals surface area contributed by atoms with Crippen LogP contribution in [0.4, 0.5) is 5.00 Å². The molecule has 0 saturated carbocycles. The molecular formula is C12H14N2S2. The molecule has 0 aromatic carbocycles. The number of nitrogens with zero attached hydrogens (tertiary/aromatic N) is 1. The number of nitriles is 1. The first-order chi connectivity index (χ1) is 7.44. The highest BCUT2D eigenvalue weighted by molar-refractivity contribution is 7.73. The van der Waals surface area contributed by atoms with Crippen LogP contribution in [0.15, 0.2) is 0 Å². The van der Waals surface area contributed by atoms with Gasteiger partial charge in [-0.3, -0.25) is 0 Å². The summed E-state index contributed by atoms with van der Waals surface area (Å²) >= 11 is 6.71. The van der Waals surface area contributed by atoms with Crippen molar-refractivity contribution in [2.24, 2.45) is 5.41 Å². The molecule has 1 aromatic rings. The van der Waals surface area contributed by atoms with E-state index in [4.69, 9.17) is 18.0 Å². The maximum absolute atomic E-state index is 9.18. The van der Waals surface area contributed by atoms with Gasteiger partial charge in [0.1, 0.15) is 11.1 Å². The largest absolute Gasteiger partial charge is 0.389 e. The number of nitrogen functional groups attached to an aromatic ring is 1. The Kier molecular flexibility index (Phi) is 2.77. The van der Waals surface area contributed by atoms with E-state index in [0.29, 0.717) is 10.6 Å². The van der Waals surface area contributed by atoms with E-state index in [1.807, 2.05) is 0 Å². The van der Waals surface area contributed by atoms with Crippen molar-refractivity contribution in [3.8, 4) is 6.07 Å². The molecule has 2 rings (SSSR count). The lowest BCUT2D eigenvalue weighted by Crippen LogP contribution is -2.23. The highest BCUT2D eigenvalue weighted by Gasteiger charge is 2.28. The lowest BCUT2D eigenvalue weighted by atomic mass is 9.74. The first-order valence-electron chi connectivity index (χ1n) is 5.29. The first-order valence-corrected chi connectivity index (χ1v) is 6.51. The smallest absolute Gasteiger partial charge is 0.105 e. The van der Waals surface area contributed by atoms with E-state index in [0.717, 1.165) is 28.6 Å². The second-order valence-corrected chi connectivity index (χ2v) is 6.76. The molecule has 0 saturated heterocycles. The molecule has 0 fully saturated rings. The van der Waals surface area contributed by atoms with Crippen molar-refractivity contribution in [3.63, 3.8) is 0 Å². The summed E-state index contributed by atoms with van der Waals surface area (Å²) < 4.78 is 0.863. The molecule has 1 aliphatic carbocycles. The van der Waals surface area contributed by atoms with Gasteiger partial charge in [-0.05, 0) is 35.8 Å². The average molecular weight is 250 g/mol. The van der Waals surface area contributed by atoms with Crippen molar-refractivity contribution < 1.29 is 0 Å². The molecule has 0 bridgehead atoms. The molecule has 0 aliphatic heterocycles. The van der Waals surface area contributed by atoms with Crippen LogP contribution in [0.3, 0.4) is 0 Å². The maximum Gasteiger partial charge on any atom is 0.105 e. The van der Waals surface area contributed by atoms with Crippen LogP contribution in [-0.2, 0) is 12.8 Å². The lowest BCUT2D eigenvalue weighted by Gasteiger charge is -2.31. The third-order valence-corrected chi connectivity index (χ3v) is 4.53. The number of nitrogens with two attached hydrogens (primary N) is 1. The van der Waals surface area contributed by atoms with Gasteiger partial charge in [0.05, 0.1) is 9.39 Å². The Hall–Kier alpha value is -0.920. The Morgan fingerprint density at radius 3 is 2.75 bits per heavy atom. The van der Waals surface area contributed by atoms with E-state index < -0.39 is 0 Å². The van der Waals surface area contributed by atoms with Gasteiger partial charge in [-0.2, -0.15) is 5.26 Å². The Morgan fingerprint density at radius 2 is 2.12 bits per heavy atom. The van der Waals surface area contributed by atoms with Crippen molar-refractivity contribution in [1.82, 2.24) is 0 Å². The van der Waals surface area contributed by atoms with Crippen molar-refractivity contribution >= 4 is 28.6 Å². The summed E-state index contributed by atoms with van der Waals surface area (Å²) in [5, 5.41) is 9.75. The fourth-order valence-corrected chi connectivity index (χ4v) is 3.55. The second-order valence-electron chi connectivity index (χ2n) is 5.04. The van der Waals surface area contributed by atoms with Gasteiger partial charge in [0.15, 0.2) is 0 Å². The van der Waals surface area contributed by atoms with E-state index in [9.17, 15) is 5.26 Å². The van der Waals surface area contributed by atoms with Crippen molar-refractivity contribution in [2.75, 3.05) is 5.73 Å². The summed E-state index contributed by atoms with van der Waals surface area (Å²) in [4.78, 5) is 0.